The molecule has 0 unspecified atom stereocenters. The van der Waals surface area contributed by atoms with E-state index >= 15 is 0 Å². The van der Waals surface area contributed by atoms with Crippen LogP contribution in [-0.4, -0.2) is 17.2 Å². The van der Waals surface area contributed by atoms with Crippen molar-refractivity contribution in [3.63, 3.8) is 0 Å². The molecule has 0 saturated carbocycles. The molecule has 3 heteroatoms. The van der Waals surface area contributed by atoms with Gasteiger partial charge in [0.25, 0.3) is 0 Å². The van der Waals surface area contributed by atoms with E-state index in [2.05, 4.69) is 55.3 Å². The highest BCUT2D eigenvalue weighted by Gasteiger charge is 2.15. The fourth-order valence-corrected chi connectivity index (χ4v) is 2.36. The molecule has 0 bridgehead atoms. The van der Waals surface area contributed by atoms with Crippen LogP contribution in [0.5, 0.6) is 0 Å². The lowest BCUT2D eigenvalue weighted by molar-refractivity contribution is 0.784. The Balaban J connectivity index is 2.62. The van der Waals surface area contributed by atoms with Crippen LogP contribution in [0.15, 0.2) is 12.1 Å². The molecule has 3 nitrogen and oxygen atoms in total. The van der Waals surface area contributed by atoms with Crippen molar-refractivity contribution in [1.82, 2.24) is 15.5 Å². The van der Waals surface area contributed by atoms with E-state index in [1.165, 1.54) is 27.8 Å². The average molecular weight is 243 g/mol. The van der Waals surface area contributed by atoms with E-state index in [-0.39, 0.29) is 0 Å². The summed E-state index contributed by atoms with van der Waals surface area (Å²) < 4.78 is 0. The molecule has 0 amide bonds. The fourth-order valence-electron chi connectivity index (χ4n) is 2.36. The molecule has 1 heterocycles. The first-order valence-electron chi connectivity index (χ1n) is 6.32. The number of nitrogens with zero attached hydrogens (tertiary/aromatic N) is 1. The molecule has 0 aliphatic heterocycles. The van der Waals surface area contributed by atoms with Gasteiger partial charge in [-0.15, -0.1) is 0 Å². The molecule has 2 rings (SSSR count). The molecule has 0 aliphatic rings. The number of aryl methyl sites for hydroxylation is 2. The molecule has 2 N–H and O–H groups in total. The second-order valence-electron chi connectivity index (χ2n) is 4.88. The van der Waals surface area contributed by atoms with Gasteiger partial charge in [0.1, 0.15) is 0 Å². The number of aromatic nitrogens is 2. The molecule has 2 aromatic rings. The maximum absolute atomic E-state index is 4.39. The first kappa shape index (κ1) is 12.8. The third-order valence-corrected chi connectivity index (χ3v) is 3.69. The molecule has 0 fully saturated rings. The van der Waals surface area contributed by atoms with Gasteiger partial charge in [0.15, 0.2) is 0 Å². The Bertz CT molecular complexity index is 567. The highest BCUT2D eigenvalue weighted by atomic mass is 15.1. The first-order valence-corrected chi connectivity index (χ1v) is 6.32. The van der Waals surface area contributed by atoms with Crippen molar-refractivity contribution in [2.75, 3.05) is 7.05 Å². The molecular weight excluding hydrogens is 222 g/mol. The summed E-state index contributed by atoms with van der Waals surface area (Å²) in [5.74, 6) is 0. The zero-order valence-corrected chi connectivity index (χ0v) is 11.8. The smallest absolute Gasteiger partial charge is 0.0841 e. The zero-order chi connectivity index (χ0) is 13.3. The number of aromatic amines is 1. The molecule has 1 aromatic carbocycles. The fraction of sp³-hybridized carbons (Fsp3) is 0.400. The topological polar surface area (TPSA) is 40.7 Å². The minimum Gasteiger partial charge on any atom is -0.314 e. The van der Waals surface area contributed by atoms with Crippen LogP contribution in [0.1, 0.15) is 28.1 Å². The number of hydrogen-bond donors (Lipinski definition) is 2. The molecule has 0 spiro atoms. The van der Waals surface area contributed by atoms with Crippen LogP contribution in [-0.2, 0) is 6.54 Å². The van der Waals surface area contributed by atoms with Crippen molar-refractivity contribution in [2.45, 2.75) is 34.2 Å². The summed E-state index contributed by atoms with van der Waals surface area (Å²) in [5, 5.41) is 10.6. The average Bonchev–Trinajstić information content (AvgIpc) is 2.69. The van der Waals surface area contributed by atoms with Crippen molar-refractivity contribution in [1.29, 1.82) is 0 Å². The molecule has 0 atom stereocenters. The lowest BCUT2D eigenvalue weighted by Gasteiger charge is -2.12. The van der Waals surface area contributed by atoms with E-state index in [4.69, 9.17) is 0 Å². The minimum absolute atomic E-state index is 0.784. The monoisotopic (exact) mass is 243 g/mol. The number of rotatable bonds is 3. The lowest BCUT2D eigenvalue weighted by atomic mass is 9.93. The van der Waals surface area contributed by atoms with Crippen LogP contribution in [0.4, 0.5) is 0 Å². The highest BCUT2D eigenvalue weighted by Crippen LogP contribution is 2.31. The van der Waals surface area contributed by atoms with Gasteiger partial charge in [-0.1, -0.05) is 12.1 Å². The third-order valence-electron chi connectivity index (χ3n) is 3.69. The summed E-state index contributed by atoms with van der Waals surface area (Å²) >= 11 is 0. The van der Waals surface area contributed by atoms with Crippen molar-refractivity contribution in [2.24, 2.45) is 0 Å². The van der Waals surface area contributed by atoms with E-state index in [9.17, 15) is 0 Å². The van der Waals surface area contributed by atoms with Gasteiger partial charge < -0.3 is 5.32 Å². The molecule has 18 heavy (non-hydrogen) atoms. The second-order valence-corrected chi connectivity index (χ2v) is 4.88. The number of H-pyrrole nitrogens is 1. The van der Waals surface area contributed by atoms with Gasteiger partial charge in [0, 0.05) is 17.8 Å². The molecule has 0 saturated heterocycles. The standard InChI is InChI=1S/C15H21N3/c1-9-6-7-13(11(3)10(9)2)15-12(4)17-18-14(15)8-16-5/h6-7,16H,8H2,1-5H3,(H,17,18). The largest absolute Gasteiger partial charge is 0.314 e. The van der Waals surface area contributed by atoms with Gasteiger partial charge in [0.05, 0.1) is 5.69 Å². The maximum Gasteiger partial charge on any atom is 0.0841 e. The molecule has 0 aliphatic carbocycles. The van der Waals surface area contributed by atoms with E-state index in [0.717, 1.165) is 17.9 Å². The Kier molecular flexibility index (Phi) is 3.53. The molecule has 1 aromatic heterocycles. The van der Waals surface area contributed by atoms with Gasteiger partial charge in [-0.3, -0.25) is 5.10 Å². The van der Waals surface area contributed by atoms with E-state index in [1.807, 2.05) is 7.05 Å². The van der Waals surface area contributed by atoms with Crippen molar-refractivity contribution >= 4 is 0 Å². The SMILES string of the molecule is CNCc1n[nH]c(C)c1-c1ccc(C)c(C)c1C. The maximum atomic E-state index is 4.39. The summed E-state index contributed by atoms with van der Waals surface area (Å²) in [5.41, 5.74) is 8.79. The van der Waals surface area contributed by atoms with Crippen LogP contribution in [0, 0.1) is 27.7 Å². The Hall–Kier alpha value is -1.61. The summed E-state index contributed by atoms with van der Waals surface area (Å²) in [6, 6.07) is 4.39. The highest BCUT2D eigenvalue weighted by molar-refractivity contribution is 5.73. The van der Waals surface area contributed by atoms with Gasteiger partial charge in [-0.2, -0.15) is 5.10 Å². The Morgan fingerprint density at radius 1 is 1.11 bits per heavy atom. The molecular formula is C15H21N3. The first-order chi connectivity index (χ1) is 8.56. The van der Waals surface area contributed by atoms with Gasteiger partial charge in [0.2, 0.25) is 0 Å². The number of benzene rings is 1. The predicted octanol–water partition coefficient (Wildman–Crippen LogP) is 3.03. The van der Waals surface area contributed by atoms with E-state index in [0.29, 0.717) is 0 Å². The van der Waals surface area contributed by atoms with Crippen LogP contribution in [0.3, 0.4) is 0 Å². The van der Waals surface area contributed by atoms with E-state index in [1.54, 1.807) is 0 Å². The van der Waals surface area contributed by atoms with Gasteiger partial charge in [-0.25, -0.2) is 0 Å². The van der Waals surface area contributed by atoms with Crippen LogP contribution < -0.4 is 5.32 Å². The predicted molar refractivity (Wildman–Crippen MR) is 75.7 cm³/mol. The second kappa shape index (κ2) is 4.94. The summed E-state index contributed by atoms with van der Waals surface area (Å²) in [6.07, 6.45) is 0. The number of hydrogen-bond acceptors (Lipinski definition) is 2. The van der Waals surface area contributed by atoms with Crippen LogP contribution >= 0.6 is 0 Å². The van der Waals surface area contributed by atoms with Crippen LogP contribution in [0.2, 0.25) is 0 Å². The molecule has 0 radical (unpaired) electrons. The Labute approximate surface area is 109 Å². The van der Waals surface area contributed by atoms with Crippen molar-refractivity contribution < 1.29 is 0 Å². The van der Waals surface area contributed by atoms with Gasteiger partial charge in [-0.05, 0) is 57.0 Å². The quantitative estimate of drug-likeness (QED) is 0.870. The summed E-state index contributed by atoms with van der Waals surface area (Å²) in [4.78, 5) is 0. The molecule has 96 valence electrons. The minimum atomic E-state index is 0.784. The zero-order valence-electron chi connectivity index (χ0n) is 11.8. The van der Waals surface area contributed by atoms with Crippen molar-refractivity contribution in [3.05, 3.63) is 40.2 Å². The van der Waals surface area contributed by atoms with E-state index < -0.39 is 0 Å². The Morgan fingerprint density at radius 2 is 1.83 bits per heavy atom. The summed E-state index contributed by atoms with van der Waals surface area (Å²) in [6.45, 7) is 9.39. The van der Waals surface area contributed by atoms with Crippen molar-refractivity contribution in [3.8, 4) is 11.1 Å². The lowest BCUT2D eigenvalue weighted by Crippen LogP contribution is -2.07. The third kappa shape index (κ3) is 2.06. The Morgan fingerprint density at radius 3 is 2.50 bits per heavy atom. The van der Waals surface area contributed by atoms with Crippen LogP contribution in [0.25, 0.3) is 11.1 Å². The normalized spacial score (nSPS) is 10.9. The van der Waals surface area contributed by atoms with Gasteiger partial charge >= 0.3 is 0 Å². The summed E-state index contributed by atoms with van der Waals surface area (Å²) in [7, 11) is 1.95. The number of nitrogens with one attached hydrogen (secondary N) is 2.